The molecule has 3 aliphatic rings. The van der Waals surface area contributed by atoms with Crippen LogP contribution in [0.5, 0.6) is 0 Å². The van der Waals surface area contributed by atoms with Crippen molar-refractivity contribution in [2.75, 3.05) is 45.6 Å². The van der Waals surface area contributed by atoms with Crippen molar-refractivity contribution >= 4 is 9.84 Å². The van der Waals surface area contributed by atoms with Crippen LogP contribution in [0.15, 0.2) is 11.4 Å². The molecule has 4 rings (SSSR count). The van der Waals surface area contributed by atoms with Gasteiger partial charge in [0.2, 0.25) is 15.0 Å². The minimum atomic E-state index is -3.34. The molecule has 3 heterocycles. The molecule has 3 fully saturated rings. The molecule has 1 aromatic heterocycles. The van der Waals surface area contributed by atoms with Crippen LogP contribution in [0.3, 0.4) is 0 Å². The Morgan fingerprint density at radius 2 is 1.85 bits per heavy atom. The van der Waals surface area contributed by atoms with Crippen LogP contribution in [0.1, 0.15) is 31.4 Å². The van der Waals surface area contributed by atoms with Crippen LogP contribution in [0.4, 0.5) is 0 Å². The van der Waals surface area contributed by atoms with Crippen molar-refractivity contribution in [3.63, 3.8) is 0 Å². The van der Waals surface area contributed by atoms with Gasteiger partial charge in [0.25, 0.3) is 0 Å². The van der Waals surface area contributed by atoms with E-state index in [0.717, 1.165) is 63.8 Å². The third kappa shape index (κ3) is 4.47. The van der Waals surface area contributed by atoms with E-state index < -0.39 is 9.84 Å². The van der Waals surface area contributed by atoms with E-state index in [2.05, 4.69) is 14.8 Å². The quantitative estimate of drug-likeness (QED) is 0.701. The van der Waals surface area contributed by atoms with Crippen LogP contribution in [-0.4, -0.2) is 79.5 Å². The standard InChI is InChI=1S/C18H30N4O3S/c1-26(23,24)18-19-11-16(22(18)14-17-3-2-10-25-17)13-21-8-6-20(7-9-21)12-15-4-5-15/h11,15,17H,2-10,12-14H2,1H3/t17-/m1/s1. The second-order valence-electron chi connectivity index (χ2n) is 8.07. The van der Waals surface area contributed by atoms with E-state index in [1.807, 2.05) is 4.57 Å². The smallest absolute Gasteiger partial charge is 0.227 e. The van der Waals surface area contributed by atoms with Gasteiger partial charge in [-0.25, -0.2) is 13.4 Å². The summed E-state index contributed by atoms with van der Waals surface area (Å²) in [6.07, 6.45) is 7.91. The summed E-state index contributed by atoms with van der Waals surface area (Å²) >= 11 is 0. The fourth-order valence-electron chi connectivity index (χ4n) is 4.03. The monoisotopic (exact) mass is 382 g/mol. The van der Waals surface area contributed by atoms with Gasteiger partial charge in [-0.2, -0.15) is 0 Å². The molecule has 1 atom stereocenters. The molecule has 0 bridgehead atoms. The molecule has 2 saturated heterocycles. The molecule has 2 aliphatic heterocycles. The molecule has 0 aromatic carbocycles. The fraction of sp³-hybridized carbons (Fsp3) is 0.833. The summed E-state index contributed by atoms with van der Waals surface area (Å²) in [7, 11) is -3.34. The summed E-state index contributed by atoms with van der Waals surface area (Å²) in [5.74, 6) is 0.937. The maximum Gasteiger partial charge on any atom is 0.227 e. The molecule has 0 N–H and O–H groups in total. The second kappa shape index (κ2) is 7.58. The molecule has 1 saturated carbocycles. The molecular formula is C18H30N4O3S. The number of rotatable bonds is 7. The highest BCUT2D eigenvalue weighted by molar-refractivity contribution is 7.90. The van der Waals surface area contributed by atoms with E-state index in [4.69, 9.17) is 4.74 Å². The van der Waals surface area contributed by atoms with E-state index in [-0.39, 0.29) is 11.3 Å². The molecule has 26 heavy (non-hydrogen) atoms. The maximum absolute atomic E-state index is 12.1. The summed E-state index contributed by atoms with van der Waals surface area (Å²) in [4.78, 5) is 9.22. The zero-order valence-corrected chi connectivity index (χ0v) is 16.5. The predicted molar refractivity (Wildman–Crippen MR) is 98.8 cm³/mol. The summed E-state index contributed by atoms with van der Waals surface area (Å²) in [6.45, 7) is 7.64. The van der Waals surface area contributed by atoms with E-state index in [0.29, 0.717) is 6.54 Å². The molecule has 0 spiro atoms. The van der Waals surface area contributed by atoms with Gasteiger partial charge in [0.05, 0.1) is 24.5 Å². The Hall–Kier alpha value is -0.960. The van der Waals surface area contributed by atoms with Crippen LogP contribution in [-0.2, 0) is 27.7 Å². The highest BCUT2D eigenvalue weighted by Crippen LogP contribution is 2.30. The third-order valence-electron chi connectivity index (χ3n) is 5.71. The number of aromatic nitrogens is 2. The van der Waals surface area contributed by atoms with Gasteiger partial charge in [-0.1, -0.05) is 0 Å². The van der Waals surface area contributed by atoms with Gasteiger partial charge in [0.1, 0.15) is 0 Å². The number of nitrogens with zero attached hydrogens (tertiary/aromatic N) is 4. The molecule has 8 heteroatoms. The molecule has 1 aliphatic carbocycles. The average Bonchev–Trinajstić information content (AvgIpc) is 3.09. The minimum Gasteiger partial charge on any atom is -0.376 e. The van der Waals surface area contributed by atoms with Crippen molar-refractivity contribution in [2.24, 2.45) is 5.92 Å². The van der Waals surface area contributed by atoms with E-state index in [1.165, 1.54) is 25.6 Å². The van der Waals surface area contributed by atoms with Gasteiger partial charge >= 0.3 is 0 Å². The number of piperazine rings is 1. The normalized spacial score (nSPS) is 25.8. The molecule has 146 valence electrons. The van der Waals surface area contributed by atoms with Crippen molar-refractivity contribution < 1.29 is 13.2 Å². The highest BCUT2D eigenvalue weighted by atomic mass is 32.2. The lowest BCUT2D eigenvalue weighted by Crippen LogP contribution is -2.46. The Labute approximate surface area is 156 Å². The van der Waals surface area contributed by atoms with E-state index in [1.54, 1.807) is 6.20 Å². The second-order valence-corrected chi connectivity index (χ2v) is 9.98. The van der Waals surface area contributed by atoms with Crippen LogP contribution in [0.25, 0.3) is 0 Å². The summed E-state index contributed by atoms with van der Waals surface area (Å²) in [5.41, 5.74) is 0.983. The van der Waals surface area contributed by atoms with Gasteiger partial charge in [-0.15, -0.1) is 0 Å². The first-order valence-electron chi connectivity index (χ1n) is 9.80. The zero-order valence-electron chi connectivity index (χ0n) is 15.6. The van der Waals surface area contributed by atoms with Gasteiger partial charge in [0, 0.05) is 52.1 Å². The third-order valence-corrected chi connectivity index (χ3v) is 6.70. The minimum absolute atomic E-state index is 0.0961. The van der Waals surface area contributed by atoms with Crippen molar-refractivity contribution in [3.05, 3.63) is 11.9 Å². The van der Waals surface area contributed by atoms with Crippen LogP contribution < -0.4 is 0 Å². The molecule has 0 radical (unpaired) electrons. The van der Waals surface area contributed by atoms with Crippen LogP contribution in [0.2, 0.25) is 0 Å². The summed E-state index contributed by atoms with van der Waals surface area (Å²) in [5, 5.41) is 0.176. The van der Waals surface area contributed by atoms with Gasteiger partial charge in [-0.3, -0.25) is 4.90 Å². The van der Waals surface area contributed by atoms with Crippen molar-refractivity contribution in [2.45, 2.75) is 50.0 Å². The Morgan fingerprint density at radius 1 is 1.12 bits per heavy atom. The van der Waals surface area contributed by atoms with Gasteiger partial charge < -0.3 is 14.2 Å². The van der Waals surface area contributed by atoms with Crippen molar-refractivity contribution in [3.8, 4) is 0 Å². The maximum atomic E-state index is 12.1. The first-order chi connectivity index (χ1) is 12.5. The molecular weight excluding hydrogens is 352 g/mol. The Kier molecular flexibility index (Phi) is 5.36. The number of sulfone groups is 1. The summed E-state index contributed by atoms with van der Waals surface area (Å²) in [6, 6.07) is 0. The Bertz CT molecular complexity index is 715. The zero-order chi connectivity index (χ0) is 18.1. The van der Waals surface area contributed by atoms with E-state index in [9.17, 15) is 8.42 Å². The van der Waals surface area contributed by atoms with Gasteiger partial charge in [0.15, 0.2) is 0 Å². The lowest BCUT2D eigenvalue weighted by atomic mass is 10.2. The Balaban J connectivity index is 1.42. The molecule has 1 aromatic rings. The first-order valence-corrected chi connectivity index (χ1v) is 11.7. The topological polar surface area (TPSA) is 67.7 Å². The fourth-order valence-corrected chi connectivity index (χ4v) is 4.86. The van der Waals surface area contributed by atoms with Crippen LogP contribution >= 0.6 is 0 Å². The number of hydrogen-bond acceptors (Lipinski definition) is 6. The number of hydrogen-bond donors (Lipinski definition) is 0. The summed E-state index contributed by atoms with van der Waals surface area (Å²) < 4.78 is 31.9. The highest BCUT2D eigenvalue weighted by Gasteiger charge is 2.28. The van der Waals surface area contributed by atoms with E-state index >= 15 is 0 Å². The van der Waals surface area contributed by atoms with Crippen LogP contribution in [0, 0.1) is 5.92 Å². The average molecular weight is 383 g/mol. The van der Waals surface area contributed by atoms with Gasteiger partial charge in [-0.05, 0) is 31.6 Å². The lowest BCUT2D eigenvalue weighted by Gasteiger charge is -2.34. The largest absolute Gasteiger partial charge is 0.376 e. The lowest BCUT2D eigenvalue weighted by molar-refractivity contribution is 0.0911. The number of ether oxygens (including phenoxy) is 1. The van der Waals surface area contributed by atoms with Crippen molar-refractivity contribution in [1.29, 1.82) is 0 Å². The molecule has 0 amide bonds. The first kappa shape index (κ1) is 18.4. The van der Waals surface area contributed by atoms with Crippen molar-refractivity contribution in [1.82, 2.24) is 19.4 Å². The Morgan fingerprint density at radius 3 is 2.46 bits per heavy atom. The molecule has 7 nitrogen and oxygen atoms in total. The molecule has 0 unspecified atom stereocenters. The number of imidazole rings is 1. The SMILES string of the molecule is CS(=O)(=O)c1ncc(CN2CCN(CC3CC3)CC2)n1C[C@H]1CCCO1. The predicted octanol–water partition coefficient (Wildman–Crippen LogP) is 0.993.